The summed E-state index contributed by atoms with van der Waals surface area (Å²) in [6.45, 7) is 0. The number of nitriles is 1. The van der Waals surface area contributed by atoms with Gasteiger partial charge in [0.15, 0.2) is 0 Å². The quantitative estimate of drug-likeness (QED) is 0.547. The Morgan fingerprint density at radius 1 is 0.960 bits per heavy atom. The summed E-state index contributed by atoms with van der Waals surface area (Å²) < 4.78 is 10.9. The van der Waals surface area contributed by atoms with Crippen LogP contribution in [-0.2, 0) is 0 Å². The van der Waals surface area contributed by atoms with Gasteiger partial charge in [-0.05, 0) is 29.1 Å². The van der Waals surface area contributed by atoms with Gasteiger partial charge in [0.05, 0.1) is 7.11 Å². The first-order chi connectivity index (χ1) is 12.2. The monoisotopic (exact) mass is 326 g/mol. The third-order valence-electron chi connectivity index (χ3n) is 4.32. The van der Waals surface area contributed by atoms with Crippen molar-refractivity contribution in [2.45, 2.75) is 0 Å². The smallest absolute Gasteiger partial charge is 0.230 e. The van der Waals surface area contributed by atoms with Crippen LogP contribution in [0.3, 0.4) is 0 Å². The predicted octanol–water partition coefficient (Wildman–Crippen LogP) is 4.61. The Morgan fingerprint density at radius 3 is 2.44 bits per heavy atom. The Labute approximate surface area is 144 Å². The van der Waals surface area contributed by atoms with E-state index in [1.54, 1.807) is 7.11 Å². The summed E-state index contributed by atoms with van der Waals surface area (Å²) in [6.07, 6.45) is 0. The molecule has 3 aromatic carbocycles. The summed E-state index contributed by atoms with van der Waals surface area (Å²) in [7, 11) is 1.61. The molecule has 0 spiro atoms. The third kappa shape index (κ3) is 2.34. The summed E-state index contributed by atoms with van der Waals surface area (Å²) in [4.78, 5) is 0. The molecule has 1 heterocycles. The molecule has 0 amide bonds. The first-order valence-corrected chi connectivity index (χ1v) is 7.80. The zero-order valence-electron chi connectivity index (χ0n) is 13.5. The van der Waals surface area contributed by atoms with Crippen molar-refractivity contribution >= 4 is 21.7 Å². The van der Waals surface area contributed by atoms with Crippen LogP contribution in [0, 0.1) is 16.7 Å². The molecule has 25 heavy (non-hydrogen) atoms. The fraction of sp³-hybridized carbons (Fsp3) is 0.0476. The number of methoxy groups -OCH3 is 1. The van der Waals surface area contributed by atoms with Gasteiger partial charge in [-0.3, -0.25) is 5.41 Å². The Kier molecular flexibility index (Phi) is 3.48. The number of fused-ring (bicyclic) bond motifs is 3. The molecular formula is C21H14N2O2. The van der Waals surface area contributed by atoms with E-state index in [1.807, 2.05) is 60.7 Å². The molecule has 0 radical (unpaired) electrons. The van der Waals surface area contributed by atoms with Gasteiger partial charge in [-0.2, -0.15) is 5.26 Å². The zero-order chi connectivity index (χ0) is 17.4. The van der Waals surface area contributed by atoms with Crippen LogP contribution in [0.5, 0.6) is 5.75 Å². The van der Waals surface area contributed by atoms with Gasteiger partial charge < -0.3 is 9.15 Å². The van der Waals surface area contributed by atoms with Crippen LogP contribution in [0.1, 0.15) is 5.56 Å². The second kappa shape index (κ2) is 5.81. The van der Waals surface area contributed by atoms with Crippen molar-refractivity contribution in [1.82, 2.24) is 0 Å². The van der Waals surface area contributed by atoms with Gasteiger partial charge in [-0.25, -0.2) is 0 Å². The maximum absolute atomic E-state index is 9.58. The third-order valence-corrected chi connectivity index (χ3v) is 4.32. The minimum Gasteiger partial charge on any atom is -0.497 e. The Morgan fingerprint density at radius 2 is 1.72 bits per heavy atom. The lowest BCUT2D eigenvalue weighted by Crippen LogP contribution is -2.07. The highest BCUT2D eigenvalue weighted by Crippen LogP contribution is 2.34. The van der Waals surface area contributed by atoms with Crippen LogP contribution >= 0.6 is 0 Å². The number of nitrogens with zero attached hydrogens (tertiary/aromatic N) is 1. The van der Waals surface area contributed by atoms with E-state index in [2.05, 4.69) is 6.07 Å². The van der Waals surface area contributed by atoms with Gasteiger partial charge in [-0.15, -0.1) is 0 Å². The van der Waals surface area contributed by atoms with E-state index in [9.17, 15) is 5.26 Å². The lowest BCUT2D eigenvalue weighted by molar-refractivity contribution is 0.415. The van der Waals surface area contributed by atoms with Crippen molar-refractivity contribution < 1.29 is 9.15 Å². The van der Waals surface area contributed by atoms with Crippen LogP contribution in [0.15, 0.2) is 65.1 Å². The molecule has 0 aliphatic heterocycles. The van der Waals surface area contributed by atoms with E-state index in [4.69, 9.17) is 14.6 Å². The molecule has 0 atom stereocenters. The topological polar surface area (TPSA) is 70.0 Å². The molecule has 0 fully saturated rings. The average Bonchev–Trinajstić information content (AvgIpc) is 2.67. The van der Waals surface area contributed by atoms with Crippen molar-refractivity contribution in [3.63, 3.8) is 0 Å². The molecule has 0 saturated heterocycles. The van der Waals surface area contributed by atoms with E-state index < -0.39 is 0 Å². The SMILES string of the molecule is COc1ccc(-c2c(C#N)c(=N)oc3c2ccc2ccccc23)cc1. The number of benzene rings is 3. The van der Waals surface area contributed by atoms with E-state index in [0.29, 0.717) is 11.1 Å². The molecule has 0 unspecified atom stereocenters. The molecule has 4 aromatic rings. The highest BCUT2D eigenvalue weighted by atomic mass is 16.5. The normalized spacial score (nSPS) is 10.7. The van der Waals surface area contributed by atoms with Gasteiger partial charge in [0, 0.05) is 16.3 Å². The van der Waals surface area contributed by atoms with Crippen LogP contribution in [0.25, 0.3) is 32.9 Å². The molecule has 0 aliphatic carbocycles. The first-order valence-electron chi connectivity index (χ1n) is 7.80. The highest BCUT2D eigenvalue weighted by molar-refractivity contribution is 6.09. The van der Waals surface area contributed by atoms with Crippen molar-refractivity contribution in [2.24, 2.45) is 0 Å². The fourth-order valence-corrected chi connectivity index (χ4v) is 3.12. The van der Waals surface area contributed by atoms with Crippen molar-refractivity contribution in [3.8, 4) is 22.9 Å². The Hall–Kier alpha value is -3.58. The number of rotatable bonds is 2. The summed E-state index contributed by atoms with van der Waals surface area (Å²) in [5.41, 5.74) is 2.28. The molecule has 4 heteroatoms. The summed E-state index contributed by atoms with van der Waals surface area (Å²) in [5.74, 6) is 0.740. The van der Waals surface area contributed by atoms with E-state index in [1.165, 1.54) is 0 Å². The number of hydrogen-bond donors (Lipinski definition) is 1. The van der Waals surface area contributed by atoms with Crippen LogP contribution in [0.4, 0.5) is 0 Å². The lowest BCUT2D eigenvalue weighted by Gasteiger charge is -2.11. The molecule has 1 aromatic heterocycles. The molecule has 4 rings (SSSR count). The van der Waals surface area contributed by atoms with Gasteiger partial charge >= 0.3 is 0 Å². The van der Waals surface area contributed by atoms with Crippen LogP contribution in [-0.4, -0.2) is 7.11 Å². The molecule has 120 valence electrons. The maximum Gasteiger partial charge on any atom is 0.230 e. The minimum absolute atomic E-state index is 0.128. The van der Waals surface area contributed by atoms with Gasteiger partial charge in [0.2, 0.25) is 5.55 Å². The van der Waals surface area contributed by atoms with E-state index in [-0.39, 0.29) is 11.1 Å². The Balaban J connectivity index is 2.15. The molecule has 1 N–H and O–H groups in total. The average molecular weight is 326 g/mol. The van der Waals surface area contributed by atoms with Crippen molar-refractivity contribution in [1.29, 1.82) is 10.7 Å². The van der Waals surface area contributed by atoms with Crippen molar-refractivity contribution in [3.05, 3.63) is 71.8 Å². The number of hydrogen-bond acceptors (Lipinski definition) is 4. The number of nitrogens with one attached hydrogen (secondary N) is 1. The predicted molar refractivity (Wildman–Crippen MR) is 96.3 cm³/mol. The molecule has 4 nitrogen and oxygen atoms in total. The van der Waals surface area contributed by atoms with Crippen molar-refractivity contribution in [2.75, 3.05) is 7.11 Å². The second-order valence-electron chi connectivity index (χ2n) is 5.68. The van der Waals surface area contributed by atoms with Crippen LogP contribution in [0.2, 0.25) is 0 Å². The largest absolute Gasteiger partial charge is 0.497 e. The minimum atomic E-state index is -0.128. The van der Waals surface area contributed by atoms with Gasteiger partial charge in [0.1, 0.15) is 23.0 Å². The highest BCUT2D eigenvalue weighted by Gasteiger charge is 2.16. The summed E-state index contributed by atoms with van der Waals surface area (Å²) in [5, 5.41) is 20.5. The molecule has 0 saturated carbocycles. The fourth-order valence-electron chi connectivity index (χ4n) is 3.12. The van der Waals surface area contributed by atoms with Gasteiger partial charge in [-0.1, -0.05) is 42.5 Å². The zero-order valence-corrected chi connectivity index (χ0v) is 13.5. The first kappa shape index (κ1) is 15.0. The lowest BCUT2D eigenvalue weighted by atomic mass is 9.95. The van der Waals surface area contributed by atoms with E-state index >= 15 is 0 Å². The number of ether oxygens (including phenoxy) is 1. The molecular weight excluding hydrogens is 312 g/mol. The maximum atomic E-state index is 9.58. The Bertz CT molecular complexity index is 1200. The summed E-state index contributed by atoms with van der Waals surface area (Å²) >= 11 is 0. The molecule has 0 aliphatic rings. The standard InChI is InChI=1S/C21H14N2O2/c1-24-15-9-6-14(7-10-15)19-17-11-8-13-4-2-3-5-16(13)20(17)25-21(23)18(19)12-22/h2-11,23H,1H3. The second-order valence-corrected chi connectivity index (χ2v) is 5.68. The van der Waals surface area contributed by atoms with E-state index in [0.717, 1.165) is 27.5 Å². The van der Waals surface area contributed by atoms with Crippen LogP contribution < -0.4 is 10.3 Å². The molecule has 0 bridgehead atoms. The van der Waals surface area contributed by atoms with Gasteiger partial charge in [0.25, 0.3) is 0 Å². The summed E-state index contributed by atoms with van der Waals surface area (Å²) in [6, 6.07) is 21.4.